The van der Waals surface area contributed by atoms with Gasteiger partial charge in [-0.1, -0.05) is 45.0 Å². The second-order valence-electron chi connectivity index (χ2n) is 7.87. The van der Waals surface area contributed by atoms with Gasteiger partial charge in [0.05, 0.1) is 0 Å². The summed E-state index contributed by atoms with van der Waals surface area (Å²) in [6.07, 6.45) is 4.09. The van der Waals surface area contributed by atoms with Crippen molar-refractivity contribution in [2.75, 3.05) is 20.8 Å². The molecular weight excluding hydrogens is 286 g/mol. The lowest BCUT2D eigenvalue weighted by Gasteiger charge is -2.40. The molecule has 130 valence electrons. The van der Waals surface area contributed by atoms with Crippen molar-refractivity contribution in [2.24, 2.45) is 11.7 Å². The average Bonchev–Trinajstić information content (AvgIpc) is 2.56. The zero-order chi connectivity index (χ0) is 17.1. The average molecular weight is 319 g/mol. The molecule has 1 unspecified atom stereocenters. The van der Waals surface area contributed by atoms with Crippen LogP contribution in [0.1, 0.15) is 63.5 Å². The van der Waals surface area contributed by atoms with Crippen LogP contribution in [0.5, 0.6) is 0 Å². The predicted octanol–water partition coefficient (Wildman–Crippen LogP) is 4.21. The van der Waals surface area contributed by atoms with Gasteiger partial charge in [0.15, 0.2) is 5.79 Å². The molecule has 1 aliphatic carbocycles. The molecule has 1 aromatic rings. The Hall–Kier alpha value is -0.900. The summed E-state index contributed by atoms with van der Waals surface area (Å²) in [5, 5.41) is 0. The van der Waals surface area contributed by atoms with E-state index in [0.717, 1.165) is 25.7 Å². The molecule has 3 heteroatoms. The van der Waals surface area contributed by atoms with Gasteiger partial charge < -0.3 is 15.2 Å². The van der Waals surface area contributed by atoms with Gasteiger partial charge in [0.2, 0.25) is 0 Å². The summed E-state index contributed by atoms with van der Waals surface area (Å²) in [6.45, 7) is 7.45. The van der Waals surface area contributed by atoms with Crippen LogP contribution in [0.2, 0.25) is 0 Å². The van der Waals surface area contributed by atoms with Crippen LogP contribution in [0.4, 0.5) is 0 Å². The Morgan fingerprint density at radius 2 is 1.61 bits per heavy atom. The summed E-state index contributed by atoms with van der Waals surface area (Å²) in [6, 6.07) is 9.06. The smallest absolute Gasteiger partial charge is 0.167 e. The Morgan fingerprint density at radius 3 is 2.00 bits per heavy atom. The second-order valence-corrected chi connectivity index (χ2v) is 7.87. The van der Waals surface area contributed by atoms with E-state index in [1.165, 1.54) is 11.1 Å². The molecule has 0 saturated heterocycles. The molecule has 1 saturated carbocycles. The van der Waals surface area contributed by atoms with Gasteiger partial charge >= 0.3 is 0 Å². The summed E-state index contributed by atoms with van der Waals surface area (Å²) in [7, 11) is 3.49. The first kappa shape index (κ1) is 18.4. The van der Waals surface area contributed by atoms with E-state index >= 15 is 0 Å². The molecule has 0 aliphatic heterocycles. The fourth-order valence-corrected chi connectivity index (χ4v) is 3.80. The highest BCUT2D eigenvalue weighted by Crippen LogP contribution is 2.41. The maximum atomic E-state index is 6.13. The molecule has 3 nitrogen and oxygen atoms in total. The topological polar surface area (TPSA) is 44.5 Å². The lowest BCUT2D eigenvalue weighted by atomic mass is 9.74. The van der Waals surface area contributed by atoms with Crippen molar-refractivity contribution in [1.82, 2.24) is 0 Å². The van der Waals surface area contributed by atoms with Crippen molar-refractivity contribution >= 4 is 0 Å². The van der Waals surface area contributed by atoms with Crippen LogP contribution < -0.4 is 5.73 Å². The maximum Gasteiger partial charge on any atom is 0.167 e. The number of hydrogen-bond donors (Lipinski definition) is 1. The van der Waals surface area contributed by atoms with E-state index in [4.69, 9.17) is 15.2 Å². The molecule has 2 rings (SSSR count). The third-order valence-electron chi connectivity index (χ3n) is 5.56. The van der Waals surface area contributed by atoms with Crippen molar-refractivity contribution in [2.45, 2.75) is 63.6 Å². The Labute approximate surface area is 141 Å². The van der Waals surface area contributed by atoms with Crippen molar-refractivity contribution in [3.05, 3.63) is 35.4 Å². The van der Waals surface area contributed by atoms with Crippen LogP contribution in [0.25, 0.3) is 0 Å². The van der Waals surface area contributed by atoms with Crippen molar-refractivity contribution in [3.8, 4) is 0 Å². The van der Waals surface area contributed by atoms with E-state index in [0.29, 0.717) is 18.4 Å². The summed E-state index contributed by atoms with van der Waals surface area (Å²) >= 11 is 0. The van der Waals surface area contributed by atoms with Gasteiger partial charge in [-0.15, -0.1) is 0 Å². The molecule has 1 atom stereocenters. The number of rotatable bonds is 5. The first-order valence-electron chi connectivity index (χ1n) is 8.76. The number of ether oxygens (including phenoxy) is 2. The van der Waals surface area contributed by atoms with Crippen LogP contribution in [0.15, 0.2) is 24.3 Å². The van der Waals surface area contributed by atoms with E-state index < -0.39 is 0 Å². The molecule has 0 heterocycles. The van der Waals surface area contributed by atoms with Gasteiger partial charge in [-0.25, -0.2) is 0 Å². The first-order valence-corrected chi connectivity index (χ1v) is 8.76. The van der Waals surface area contributed by atoms with Crippen LogP contribution >= 0.6 is 0 Å². The fraction of sp³-hybridized carbons (Fsp3) is 0.700. The third-order valence-corrected chi connectivity index (χ3v) is 5.56. The summed E-state index contributed by atoms with van der Waals surface area (Å²) in [4.78, 5) is 0. The monoisotopic (exact) mass is 319 g/mol. The highest BCUT2D eigenvalue weighted by atomic mass is 16.7. The quantitative estimate of drug-likeness (QED) is 0.827. The Morgan fingerprint density at radius 1 is 1.09 bits per heavy atom. The molecule has 23 heavy (non-hydrogen) atoms. The minimum atomic E-state index is -0.383. The van der Waals surface area contributed by atoms with E-state index in [9.17, 15) is 0 Å². The standard InChI is InChI=1S/C20H33NO2/c1-19(2,3)17-8-6-15(7-9-17)18(14-21)16-10-12-20(22-4,23-5)13-11-16/h6-9,16,18H,10-14,21H2,1-5H3. The van der Waals surface area contributed by atoms with Gasteiger partial charge in [0, 0.05) is 27.1 Å². The van der Waals surface area contributed by atoms with Crippen LogP contribution in [0.3, 0.4) is 0 Å². The van der Waals surface area contributed by atoms with Gasteiger partial charge in [0.25, 0.3) is 0 Å². The molecule has 1 fully saturated rings. The molecule has 0 bridgehead atoms. The van der Waals surface area contributed by atoms with Crippen LogP contribution in [-0.2, 0) is 14.9 Å². The zero-order valence-electron chi connectivity index (χ0n) is 15.4. The molecule has 0 amide bonds. The zero-order valence-corrected chi connectivity index (χ0v) is 15.4. The van der Waals surface area contributed by atoms with E-state index in [1.807, 2.05) is 0 Å². The van der Waals surface area contributed by atoms with Crippen LogP contribution in [0, 0.1) is 5.92 Å². The van der Waals surface area contributed by atoms with Crippen LogP contribution in [-0.4, -0.2) is 26.6 Å². The fourth-order valence-electron chi connectivity index (χ4n) is 3.80. The predicted molar refractivity (Wildman–Crippen MR) is 95.6 cm³/mol. The molecule has 2 N–H and O–H groups in total. The van der Waals surface area contributed by atoms with Crippen molar-refractivity contribution < 1.29 is 9.47 Å². The molecule has 0 aromatic heterocycles. The number of nitrogens with two attached hydrogens (primary N) is 1. The van der Waals surface area contributed by atoms with Gasteiger partial charge in [-0.05, 0) is 47.8 Å². The van der Waals surface area contributed by atoms with Gasteiger partial charge in [0.1, 0.15) is 0 Å². The SMILES string of the molecule is COC1(OC)CCC(C(CN)c2ccc(C(C)(C)C)cc2)CC1. The lowest BCUT2D eigenvalue weighted by molar-refractivity contribution is -0.228. The Kier molecular flexibility index (Phi) is 5.88. The summed E-state index contributed by atoms with van der Waals surface area (Å²) < 4.78 is 11.2. The number of methoxy groups -OCH3 is 2. The minimum Gasteiger partial charge on any atom is -0.353 e. The third kappa shape index (κ3) is 4.14. The van der Waals surface area contributed by atoms with E-state index in [-0.39, 0.29) is 11.2 Å². The second kappa shape index (κ2) is 7.33. The molecule has 0 spiro atoms. The lowest BCUT2D eigenvalue weighted by Crippen LogP contribution is -2.40. The maximum absolute atomic E-state index is 6.13. The molecular formula is C20H33NO2. The highest BCUT2D eigenvalue weighted by molar-refractivity contribution is 5.30. The number of hydrogen-bond acceptors (Lipinski definition) is 3. The van der Waals surface area contributed by atoms with E-state index in [2.05, 4.69) is 45.0 Å². The van der Waals surface area contributed by atoms with E-state index in [1.54, 1.807) is 14.2 Å². The molecule has 1 aromatic carbocycles. The minimum absolute atomic E-state index is 0.193. The normalized spacial score (nSPS) is 20.4. The van der Waals surface area contributed by atoms with Crippen molar-refractivity contribution in [3.63, 3.8) is 0 Å². The summed E-state index contributed by atoms with van der Waals surface area (Å²) in [5.41, 5.74) is 9.06. The van der Waals surface area contributed by atoms with Crippen molar-refractivity contribution in [1.29, 1.82) is 0 Å². The Bertz CT molecular complexity index is 475. The Balaban J connectivity index is 2.09. The summed E-state index contributed by atoms with van der Waals surface area (Å²) in [5.74, 6) is 0.654. The van der Waals surface area contributed by atoms with Gasteiger partial charge in [-0.3, -0.25) is 0 Å². The first-order chi connectivity index (χ1) is 10.8. The largest absolute Gasteiger partial charge is 0.353 e. The van der Waals surface area contributed by atoms with Gasteiger partial charge in [-0.2, -0.15) is 0 Å². The highest BCUT2D eigenvalue weighted by Gasteiger charge is 2.37. The number of benzene rings is 1. The molecule has 1 aliphatic rings. The molecule has 0 radical (unpaired) electrons.